The highest BCUT2D eigenvalue weighted by molar-refractivity contribution is 5.79. The minimum Gasteiger partial charge on any atom is -0.372 e. The van der Waals surface area contributed by atoms with Gasteiger partial charge in [0.05, 0.1) is 0 Å². The topological polar surface area (TPSA) is 44.0 Å². The Balaban J connectivity index is 1.52. The largest absolute Gasteiger partial charge is 0.372 e. The van der Waals surface area contributed by atoms with Crippen LogP contribution in [-0.2, 0) is 4.79 Å². The van der Waals surface area contributed by atoms with E-state index in [2.05, 4.69) is 38.4 Å². The molecule has 0 spiro atoms. The summed E-state index contributed by atoms with van der Waals surface area (Å²) in [5.41, 5.74) is 1.04. The van der Waals surface area contributed by atoms with Gasteiger partial charge < -0.3 is 14.6 Å². The molecule has 1 aromatic rings. The molecule has 0 unspecified atom stereocenters. The lowest BCUT2D eigenvalue weighted by atomic mass is 9.94. The summed E-state index contributed by atoms with van der Waals surface area (Å²) >= 11 is 0. The molecule has 1 aromatic heterocycles. The summed E-state index contributed by atoms with van der Waals surface area (Å²) in [6.45, 7) is 16.9. The highest BCUT2D eigenvalue weighted by atomic mass is 16.2. The van der Waals surface area contributed by atoms with Gasteiger partial charge in [0.1, 0.15) is 6.20 Å². The normalized spacial score (nSPS) is 19.9. The Bertz CT molecular complexity index is 637. The van der Waals surface area contributed by atoms with Crippen LogP contribution in [0.1, 0.15) is 26.7 Å². The van der Waals surface area contributed by atoms with Gasteiger partial charge in [0.2, 0.25) is 5.91 Å². The van der Waals surface area contributed by atoms with Crippen molar-refractivity contribution in [1.29, 1.82) is 0 Å². The lowest BCUT2D eigenvalue weighted by Gasteiger charge is -2.40. The SMILES string of the molecule is [C-]#[N+]c1cc(N2CCC(C(=O)N3CCN(C(C)C)CC3)CC2)ccn1. The molecule has 2 aliphatic heterocycles. The van der Waals surface area contributed by atoms with E-state index < -0.39 is 0 Å². The first-order chi connectivity index (χ1) is 12.1. The number of piperazine rings is 1. The lowest BCUT2D eigenvalue weighted by molar-refractivity contribution is -0.138. The molecule has 0 aromatic carbocycles. The van der Waals surface area contributed by atoms with Gasteiger partial charge in [-0.3, -0.25) is 9.69 Å². The summed E-state index contributed by atoms with van der Waals surface area (Å²) in [5, 5.41) is 0. The smallest absolute Gasteiger partial charge is 0.271 e. The van der Waals surface area contributed by atoms with Crippen LogP contribution in [0.2, 0.25) is 0 Å². The molecular weight excluding hydrogens is 314 g/mol. The van der Waals surface area contributed by atoms with Crippen molar-refractivity contribution in [2.75, 3.05) is 44.2 Å². The van der Waals surface area contributed by atoms with Crippen molar-refractivity contribution in [3.8, 4) is 0 Å². The molecule has 0 radical (unpaired) electrons. The van der Waals surface area contributed by atoms with Gasteiger partial charge >= 0.3 is 0 Å². The summed E-state index contributed by atoms with van der Waals surface area (Å²) in [6, 6.07) is 4.34. The molecule has 0 bridgehead atoms. The quantitative estimate of drug-likeness (QED) is 0.792. The van der Waals surface area contributed by atoms with Crippen molar-refractivity contribution in [3.63, 3.8) is 0 Å². The van der Waals surface area contributed by atoms with Gasteiger partial charge in [-0.15, -0.1) is 4.98 Å². The van der Waals surface area contributed by atoms with E-state index in [-0.39, 0.29) is 5.92 Å². The minimum absolute atomic E-state index is 0.143. The first-order valence-corrected chi connectivity index (χ1v) is 9.20. The van der Waals surface area contributed by atoms with Gasteiger partial charge in [0.15, 0.2) is 0 Å². The van der Waals surface area contributed by atoms with Crippen LogP contribution in [-0.4, -0.2) is 66.0 Å². The third kappa shape index (κ3) is 4.10. The maximum Gasteiger partial charge on any atom is 0.271 e. The number of anilines is 1. The Morgan fingerprint density at radius 2 is 1.88 bits per heavy atom. The van der Waals surface area contributed by atoms with Crippen LogP contribution in [0.25, 0.3) is 4.85 Å². The Labute approximate surface area is 150 Å². The van der Waals surface area contributed by atoms with E-state index in [4.69, 9.17) is 6.57 Å². The van der Waals surface area contributed by atoms with Crippen molar-refractivity contribution in [1.82, 2.24) is 14.8 Å². The molecule has 6 heteroatoms. The molecule has 0 atom stereocenters. The predicted octanol–water partition coefficient (Wildman–Crippen LogP) is 2.40. The summed E-state index contributed by atoms with van der Waals surface area (Å²) in [5.74, 6) is 0.905. The van der Waals surface area contributed by atoms with Crippen LogP contribution in [0.15, 0.2) is 18.3 Å². The summed E-state index contributed by atoms with van der Waals surface area (Å²) in [4.78, 5) is 27.0. The third-order valence-corrected chi connectivity index (χ3v) is 5.41. The number of piperidine rings is 1. The molecule has 3 heterocycles. The average Bonchev–Trinajstić information content (AvgIpc) is 2.67. The van der Waals surface area contributed by atoms with Crippen molar-refractivity contribution >= 4 is 17.4 Å². The molecule has 3 rings (SSSR count). The molecule has 2 fully saturated rings. The van der Waals surface area contributed by atoms with Gasteiger partial charge in [-0.1, -0.05) is 6.57 Å². The van der Waals surface area contributed by atoms with E-state index in [1.54, 1.807) is 6.20 Å². The molecule has 25 heavy (non-hydrogen) atoms. The number of hydrogen-bond acceptors (Lipinski definition) is 4. The number of pyridine rings is 1. The number of rotatable bonds is 3. The van der Waals surface area contributed by atoms with Gasteiger partial charge in [0.25, 0.3) is 5.82 Å². The summed E-state index contributed by atoms with van der Waals surface area (Å²) in [7, 11) is 0. The third-order valence-electron chi connectivity index (χ3n) is 5.41. The molecule has 2 aliphatic rings. The van der Waals surface area contributed by atoms with Crippen molar-refractivity contribution in [3.05, 3.63) is 29.7 Å². The van der Waals surface area contributed by atoms with Gasteiger partial charge in [-0.05, 0) is 32.8 Å². The molecule has 134 valence electrons. The number of nitrogens with zero attached hydrogens (tertiary/aromatic N) is 5. The first-order valence-electron chi connectivity index (χ1n) is 9.20. The standard InChI is InChI=1S/C19H27N5O/c1-15(2)22-10-12-24(13-11-22)19(25)16-5-8-23(9-6-16)17-4-7-21-18(14-17)20-3/h4,7,14-16H,5-6,8-13H2,1-2H3. The second kappa shape index (κ2) is 7.83. The average molecular weight is 341 g/mol. The maximum atomic E-state index is 12.8. The van der Waals surface area contributed by atoms with Crippen LogP contribution < -0.4 is 4.90 Å². The second-order valence-electron chi connectivity index (χ2n) is 7.20. The van der Waals surface area contributed by atoms with E-state index in [1.165, 1.54) is 0 Å². The lowest BCUT2D eigenvalue weighted by Crippen LogP contribution is -2.53. The zero-order valence-electron chi connectivity index (χ0n) is 15.2. The summed E-state index contributed by atoms with van der Waals surface area (Å²) in [6.07, 6.45) is 3.46. The molecular formula is C19H27N5O. The monoisotopic (exact) mass is 341 g/mol. The molecule has 2 saturated heterocycles. The van der Waals surface area contributed by atoms with Gasteiger partial charge in [-0.25, -0.2) is 0 Å². The Hall–Kier alpha value is -2.13. The predicted molar refractivity (Wildman–Crippen MR) is 98.7 cm³/mol. The van der Waals surface area contributed by atoms with Crippen LogP contribution in [0.3, 0.4) is 0 Å². The van der Waals surface area contributed by atoms with Crippen LogP contribution >= 0.6 is 0 Å². The Kier molecular flexibility index (Phi) is 5.54. The molecule has 1 amide bonds. The van der Waals surface area contributed by atoms with E-state index in [0.29, 0.717) is 17.8 Å². The van der Waals surface area contributed by atoms with Crippen LogP contribution in [0, 0.1) is 12.5 Å². The van der Waals surface area contributed by atoms with E-state index in [9.17, 15) is 4.79 Å². The first kappa shape index (κ1) is 17.7. The second-order valence-corrected chi connectivity index (χ2v) is 7.20. The highest BCUT2D eigenvalue weighted by Crippen LogP contribution is 2.26. The Morgan fingerprint density at radius 1 is 1.20 bits per heavy atom. The van der Waals surface area contributed by atoms with Crippen LogP contribution in [0.5, 0.6) is 0 Å². The van der Waals surface area contributed by atoms with Crippen molar-refractivity contribution in [2.45, 2.75) is 32.7 Å². The fraction of sp³-hybridized carbons (Fsp3) is 0.632. The van der Waals surface area contributed by atoms with Gasteiger partial charge in [-0.2, -0.15) is 0 Å². The minimum atomic E-state index is 0.143. The molecule has 0 N–H and O–H groups in total. The number of amides is 1. The van der Waals surface area contributed by atoms with E-state index >= 15 is 0 Å². The highest BCUT2D eigenvalue weighted by Gasteiger charge is 2.30. The van der Waals surface area contributed by atoms with Crippen molar-refractivity contribution in [2.24, 2.45) is 5.92 Å². The summed E-state index contributed by atoms with van der Waals surface area (Å²) < 4.78 is 0. The Morgan fingerprint density at radius 3 is 2.48 bits per heavy atom. The number of carbonyl (C=O) groups excluding carboxylic acids is 1. The molecule has 6 nitrogen and oxygen atoms in total. The maximum absolute atomic E-state index is 12.8. The van der Waals surface area contributed by atoms with Gasteiger partial charge in [0, 0.05) is 63.0 Å². The van der Waals surface area contributed by atoms with Crippen molar-refractivity contribution < 1.29 is 4.79 Å². The van der Waals surface area contributed by atoms with E-state index in [0.717, 1.165) is 57.8 Å². The fourth-order valence-electron chi connectivity index (χ4n) is 3.77. The number of hydrogen-bond donors (Lipinski definition) is 0. The molecule has 0 aliphatic carbocycles. The fourth-order valence-corrected chi connectivity index (χ4v) is 3.77. The number of aromatic nitrogens is 1. The number of carbonyl (C=O) groups is 1. The molecule has 0 saturated carbocycles. The van der Waals surface area contributed by atoms with Crippen LogP contribution in [0.4, 0.5) is 11.5 Å². The zero-order valence-corrected chi connectivity index (χ0v) is 15.2. The van der Waals surface area contributed by atoms with E-state index in [1.807, 2.05) is 12.1 Å². The zero-order chi connectivity index (χ0) is 17.8.